The maximum absolute atomic E-state index is 11.6. The third-order valence-corrected chi connectivity index (χ3v) is 3.90. The molecule has 0 aromatic carbocycles. The zero-order chi connectivity index (χ0) is 11.9. The molecule has 0 aromatic heterocycles. The van der Waals surface area contributed by atoms with Gasteiger partial charge in [0.1, 0.15) is 0 Å². The number of sulfonamides is 1. The summed E-state index contributed by atoms with van der Waals surface area (Å²) in [7, 11) is -3.62. The van der Waals surface area contributed by atoms with Gasteiger partial charge in [0.25, 0.3) is 0 Å². The van der Waals surface area contributed by atoms with Crippen molar-refractivity contribution in [2.24, 2.45) is 0 Å². The van der Waals surface area contributed by atoms with E-state index in [0.717, 1.165) is 0 Å². The molecule has 0 saturated heterocycles. The molecule has 0 rings (SSSR count). The second kappa shape index (κ2) is 6.39. The summed E-state index contributed by atoms with van der Waals surface area (Å²) in [6, 6.07) is 3.24. The first-order chi connectivity index (χ1) is 7.01. The molecule has 0 spiro atoms. The van der Waals surface area contributed by atoms with Crippen molar-refractivity contribution >= 4 is 10.0 Å². The van der Waals surface area contributed by atoms with Gasteiger partial charge in [0, 0.05) is 6.04 Å². The number of hydrogen-bond donors (Lipinski definition) is 1. The van der Waals surface area contributed by atoms with E-state index in [9.17, 15) is 8.42 Å². The fraction of sp³-hybridized carbons (Fsp3) is 0.778. The summed E-state index contributed by atoms with van der Waals surface area (Å²) in [6.45, 7) is 3.43. The molecule has 0 aliphatic heterocycles. The predicted octanol–water partition coefficient (Wildman–Crippen LogP) is 0.900. The summed E-state index contributed by atoms with van der Waals surface area (Å²) < 4.78 is 25.6. The van der Waals surface area contributed by atoms with E-state index < -0.39 is 21.3 Å². The minimum absolute atomic E-state index is 0.123. The molecule has 0 fully saturated rings. The summed E-state index contributed by atoms with van der Waals surface area (Å²) in [5.41, 5.74) is 0. The summed E-state index contributed by atoms with van der Waals surface area (Å²) in [5.74, 6) is 0. The fourth-order valence-electron chi connectivity index (χ4n) is 1.07. The molecule has 2 unspecified atom stereocenters. The minimum Gasteiger partial charge on any atom is -0.211 e. The van der Waals surface area contributed by atoms with Gasteiger partial charge in [-0.1, -0.05) is 13.8 Å². The van der Waals surface area contributed by atoms with Crippen molar-refractivity contribution in [3.63, 3.8) is 0 Å². The van der Waals surface area contributed by atoms with Crippen LogP contribution >= 0.6 is 0 Å². The van der Waals surface area contributed by atoms with Crippen LogP contribution in [0.5, 0.6) is 0 Å². The van der Waals surface area contributed by atoms with E-state index in [1.165, 1.54) is 0 Å². The molecule has 0 bridgehead atoms. The van der Waals surface area contributed by atoms with E-state index >= 15 is 0 Å². The molecule has 0 aliphatic rings. The lowest BCUT2D eigenvalue weighted by atomic mass is 10.2. The highest BCUT2D eigenvalue weighted by Gasteiger charge is 2.25. The largest absolute Gasteiger partial charge is 0.228 e. The van der Waals surface area contributed by atoms with Gasteiger partial charge >= 0.3 is 0 Å². The Bertz CT molecular complexity index is 364. The van der Waals surface area contributed by atoms with Gasteiger partial charge in [-0.15, -0.1) is 0 Å². The van der Waals surface area contributed by atoms with E-state index in [1.807, 2.05) is 6.07 Å². The Hall–Kier alpha value is -1.11. The van der Waals surface area contributed by atoms with E-state index in [1.54, 1.807) is 19.9 Å². The number of hydrogen-bond acceptors (Lipinski definition) is 4. The van der Waals surface area contributed by atoms with Crippen molar-refractivity contribution in [2.45, 2.75) is 44.4 Å². The van der Waals surface area contributed by atoms with Crippen molar-refractivity contribution in [1.29, 1.82) is 10.5 Å². The number of nitrogens with zero attached hydrogens (tertiary/aromatic N) is 2. The van der Waals surface area contributed by atoms with Crippen LogP contribution in [0.4, 0.5) is 0 Å². The van der Waals surface area contributed by atoms with Gasteiger partial charge < -0.3 is 0 Å². The van der Waals surface area contributed by atoms with Crippen LogP contribution < -0.4 is 4.72 Å². The van der Waals surface area contributed by atoms with E-state index in [-0.39, 0.29) is 12.8 Å². The van der Waals surface area contributed by atoms with E-state index in [0.29, 0.717) is 6.42 Å². The third kappa shape index (κ3) is 4.28. The zero-order valence-electron chi connectivity index (χ0n) is 8.90. The average Bonchev–Trinajstić information content (AvgIpc) is 2.18. The Morgan fingerprint density at radius 1 is 1.27 bits per heavy atom. The molecule has 0 amide bonds. The molecule has 0 aromatic rings. The molecule has 84 valence electrons. The zero-order valence-corrected chi connectivity index (χ0v) is 9.71. The van der Waals surface area contributed by atoms with Gasteiger partial charge in [0.15, 0.2) is 5.25 Å². The van der Waals surface area contributed by atoms with Crippen LogP contribution in [0.2, 0.25) is 0 Å². The first-order valence-electron chi connectivity index (χ1n) is 4.79. The maximum atomic E-state index is 11.6. The van der Waals surface area contributed by atoms with Crippen molar-refractivity contribution in [3.8, 4) is 12.1 Å². The molecule has 2 atom stereocenters. The van der Waals surface area contributed by atoms with Crippen LogP contribution in [0.15, 0.2) is 0 Å². The first-order valence-corrected chi connectivity index (χ1v) is 6.34. The van der Waals surface area contributed by atoms with Gasteiger partial charge in [-0.05, 0) is 12.8 Å². The number of rotatable bonds is 6. The quantitative estimate of drug-likeness (QED) is 0.732. The highest BCUT2D eigenvalue weighted by Crippen LogP contribution is 2.06. The molecule has 1 N–H and O–H groups in total. The van der Waals surface area contributed by atoms with Crippen molar-refractivity contribution in [2.75, 3.05) is 0 Å². The predicted molar refractivity (Wildman–Crippen MR) is 56.1 cm³/mol. The van der Waals surface area contributed by atoms with Crippen LogP contribution in [0.25, 0.3) is 0 Å². The number of nitriles is 2. The third-order valence-electron chi connectivity index (χ3n) is 2.05. The first kappa shape index (κ1) is 13.9. The van der Waals surface area contributed by atoms with Gasteiger partial charge in [0.2, 0.25) is 10.0 Å². The molecule has 0 radical (unpaired) electrons. The molecular weight excluding hydrogens is 214 g/mol. The smallest absolute Gasteiger partial charge is 0.211 e. The van der Waals surface area contributed by atoms with Gasteiger partial charge in [0.05, 0.1) is 18.6 Å². The fourth-order valence-corrected chi connectivity index (χ4v) is 2.53. The Kier molecular flexibility index (Phi) is 5.92. The van der Waals surface area contributed by atoms with E-state index in [4.69, 9.17) is 10.5 Å². The van der Waals surface area contributed by atoms with Crippen LogP contribution in [-0.4, -0.2) is 19.7 Å². The molecule has 0 saturated carbocycles. The summed E-state index contributed by atoms with van der Waals surface area (Å²) in [4.78, 5) is 0. The average molecular weight is 229 g/mol. The molecule has 6 heteroatoms. The van der Waals surface area contributed by atoms with Crippen LogP contribution in [0.1, 0.15) is 33.1 Å². The van der Waals surface area contributed by atoms with Gasteiger partial charge in [-0.3, -0.25) is 0 Å². The van der Waals surface area contributed by atoms with Gasteiger partial charge in [-0.25, -0.2) is 13.1 Å². The second-order valence-corrected chi connectivity index (χ2v) is 5.05. The lowest BCUT2D eigenvalue weighted by Crippen LogP contribution is -2.39. The Balaban J connectivity index is 4.64. The Labute approximate surface area is 90.8 Å². The summed E-state index contributed by atoms with van der Waals surface area (Å²) >= 11 is 0. The topological polar surface area (TPSA) is 93.8 Å². The van der Waals surface area contributed by atoms with E-state index in [2.05, 4.69) is 4.72 Å². The minimum atomic E-state index is -3.62. The van der Waals surface area contributed by atoms with Crippen molar-refractivity contribution in [1.82, 2.24) is 4.72 Å². The molecule has 15 heavy (non-hydrogen) atoms. The van der Waals surface area contributed by atoms with Crippen LogP contribution in [0.3, 0.4) is 0 Å². The van der Waals surface area contributed by atoms with Crippen LogP contribution in [0, 0.1) is 22.7 Å². The standard InChI is InChI=1S/C9H15N3O2S/c1-3-8(5-6-10)12-15(13,14)9(4-2)7-11/h8-9,12H,3-5H2,1-2H3. The molecular formula is C9H15N3O2S. The maximum Gasteiger partial charge on any atom is 0.228 e. The lowest BCUT2D eigenvalue weighted by Gasteiger charge is -2.16. The summed E-state index contributed by atoms with van der Waals surface area (Å²) in [6.07, 6.45) is 0.904. The summed E-state index contributed by atoms with van der Waals surface area (Å²) in [5, 5.41) is 16.1. The monoisotopic (exact) mass is 229 g/mol. The lowest BCUT2D eigenvalue weighted by molar-refractivity contribution is 0.536. The van der Waals surface area contributed by atoms with Gasteiger partial charge in [-0.2, -0.15) is 10.5 Å². The van der Waals surface area contributed by atoms with Crippen LogP contribution in [-0.2, 0) is 10.0 Å². The Morgan fingerprint density at radius 3 is 2.20 bits per heavy atom. The van der Waals surface area contributed by atoms with Crippen molar-refractivity contribution < 1.29 is 8.42 Å². The molecule has 0 heterocycles. The molecule has 0 aliphatic carbocycles. The molecule has 5 nitrogen and oxygen atoms in total. The normalized spacial score (nSPS) is 14.9. The SMILES string of the molecule is CCC(CC#N)NS(=O)(=O)C(C#N)CC. The second-order valence-electron chi connectivity index (χ2n) is 3.16. The van der Waals surface area contributed by atoms with Crippen molar-refractivity contribution in [3.05, 3.63) is 0 Å². The highest BCUT2D eigenvalue weighted by atomic mass is 32.2. The number of nitrogens with one attached hydrogen (secondary N) is 1. The Morgan fingerprint density at radius 2 is 1.87 bits per heavy atom. The highest BCUT2D eigenvalue weighted by molar-refractivity contribution is 7.90.